The van der Waals surface area contributed by atoms with Gasteiger partial charge in [0.15, 0.2) is 0 Å². The summed E-state index contributed by atoms with van der Waals surface area (Å²) in [6, 6.07) is 0.627. The van der Waals surface area contributed by atoms with E-state index in [9.17, 15) is 4.39 Å². The highest BCUT2D eigenvalue weighted by Crippen LogP contribution is 2.35. The van der Waals surface area contributed by atoms with Crippen LogP contribution in [0.3, 0.4) is 0 Å². The van der Waals surface area contributed by atoms with Crippen LogP contribution in [-0.4, -0.2) is 41.1 Å². The third-order valence-corrected chi connectivity index (χ3v) is 4.26. The van der Waals surface area contributed by atoms with E-state index in [1.54, 1.807) is 0 Å². The molecule has 1 saturated carbocycles. The maximum Gasteiger partial charge on any atom is 0.227 e. The standard InChI is InChI=1S/C15H20FN3O/c1-19(2)10-3-5-11(6-4-10)20-15-14-12(16)7-8-13(14)17-9-18-15/h7,9-11H,3-6,8H2,1-2H3. The van der Waals surface area contributed by atoms with E-state index in [0.29, 0.717) is 23.9 Å². The Morgan fingerprint density at radius 3 is 2.65 bits per heavy atom. The molecule has 0 atom stereocenters. The van der Waals surface area contributed by atoms with Crippen LogP contribution in [0.5, 0.6) is 5.88 Å². The van der Waals surface area contributed by atoms with Gasteiger partial charge in [0, 0.05) is 12.5 Å². The maximum absolute atomic E-state index is 13.8. The molecule has 108 valence electrons. The van der Waals surface area contributed by atoms with E-state index in [-0.39, 0.29) is 11.9 Å². The third-order valence-electron chi connectivity index (χ3n) is 4.26. The molecule has 0 amide bonds. The van der Waals surface area contributed by atoms with Crippen molar-refractivity contribution < 1.29 is 9.13 Å². The second kappa shape index (κ2) is 5.48. The number of nitrogens with zero attached hydrogens (tertiary/aromatic N) is 3. The Hall–Kier alpha value is -1.49. The lowest BCUT2D eigenvalue weighted by atomic mass is 9.92. The average molecular weight is 277 g/mol. The molecule has 2 aliphatic rings. The minimum atomic E-state index is -0.252. The molecule has 1 heterocycles. The van der Waals surface area contributed by atoms with Crippen molar-refractivity contribution in [2.24, 2.45) is 0 Å². The van der Waals surface area contributed by atoms with Gasteiger partial charge in [-0.3, -0.25) is 0 Å². The fourth-order valence-corrected chi connectivity index (χ4v) is 3.01. The van der Waals surface area contributed by atoms with Gasteiger partial charge in [-0.05, 0) is 45.9 Å². The number of hydrogen-bond acceptors (Lipinski definition) is 4. The molecule has 0 aromatic carbocycles. The van der Waals surface area contributed by atoms with Gasteiger partial charge < -0.3 is 9.64 Å². The number of ether oxygens (including phenoxy) is 1. The normalized spacial score (nSPS) is 25.5. The van der Waals surface area contributed by atoms with Crippen molar-refractivity contribution in [2.45, 2.75) is 44.2 Å². The van der Waals surface area contributed by atoms with Crippen molar-refractivity contribution in [1.82, 2.24) is 14.9 Å². The molecule has 0 N–H and O–H groups in total. The van der Waals surface area contributed by atoms with Gasteiger partial charge in [0.1, 0.15) is 18.3 Å². The zero-order chi connectivity index (χ0) is 14.1. The summed E-state index contributed by atoms with van der Waals surface area (Å²) < 4.78 is 19.7. The van der Waals surface area contributed by atoms with Crippen LogP contribution in [-0.2, 0) is 6.42 Å². The van der Waals surface area contributed by atoms with Crippen LogP contribution in [0.25, 0.3) is 5.83 Å². The van der Waals surface area contributed by atoms with Crippen LogP contribution in [0.4, 0.5) is 4.39 Å². The first-order chi connectivity index (χ1) is 9.65. The van der Waals surface area contributed by atoms with Crippen LogP contribution in [0.1, 0.15) is 36.9 Å². The Morgan fingerprint density at radius 2 is 1.95 bits per heavy atom. The predicted octanol–water partition coefficient (Wildman–Crippen LogP) is 2.59. The quantitative estimate of drug-likeness (QED) is 0.851. The molecule has 1 aromatic rings. The summed E-state index contributed by atoms with van der Waals surface area (Å²) in [4.78, 5) is 10.5. The van der Waals surface area contributed by atoms with E-state index in [4.69, 9.17) is 4.74 Å². The highest BCUT2D eigenvalue weighted by Gasteiger charge is 2.27. The molecule has 20 heavy (non-hydrogen) atoms. The third kappa shape index (κ3) is 2.54. The minimum absolute atomic E-state index is 0.138. The number of aromatic nitrogens is 2. The first-order valence-corrected chi connectivity index (χ1v) is 7.18. The smallest absolute Gasteiger partial charge is 0.227 e. The van der Waals surface area contributed by atoms with Crippen molar-refractivity contribution in [1.29, 1.82) is 0 Å². The minimum Gasteiger partial charge on any atom is -0.474 e. The lowest BCUT2D eigenvalue weighted by molar-refractivity contribution is 0.106. The molecule has 0 saturated heterocycles. The highest BCUT2D eigenvalue weighted by molar-refractivity contribution is 5.69. The van der Waals surface area contributed by atoms with Gasteiger partial charge in [-0.15, -0.1) is 0 Å². The van der Waals surface area contributed by atoms with Crippen molar-refractivity contribution in [3.8, 4) is 5.88 Å². The lowest BCUT2D eigenvalue weighted by Gasteiger charge is -2.32. The van der Waals surface area contributed by atoms with Gasteiger partial charge in [0.25, 0.3) is 0 Å². The molecular weight excluding hydrogens is 257 g/mol. The number of hydrogen-bond donors (Lipinski definition) is 0. The Kier molecular flexibility index (Phi) is 3.70. The predicted molar refractivity (Wildman–Crippen MR) is 75.2 cm³/mol. The summed E-state index contributed by atoms with van der Waals surface area (Å²) in [5, 5.41) is 0. The van der Waals surface area contributed by atoms with Crippen LogP contribution < -0.4 is 4.74 Å². The fourth-order valence-electron chi connectivity index (χ4n) is 3.01. The zero-order valence-corrected chi connectivity index (χ0v) is 12.0. The monoisotopic (exact) mass is 277 g/mol. The van der Waals surface area contributed by atoms with E-state index < -0.39 is 0 Å². The molecule has 4 nitrogen and oxygen atoms in total. The topological polar surface area (TPSA) is 38.2 Å². The molecule has 5 heteroatoms. The van der Waals surface area contributed by atoms with Gasteiger partial charge in [0.05, 0.1) is 11.3 Å². The molecule has 3 rings (SSSR count). The summed E-state index contributed by atoms with van der Waals surface area (Å²) in [5.41, 5.74) is 1.19. The largest absolute Gasteiger partial charge is 0.474 e. The van der Waals surface area contributed by atoms with Crippen LogP contribution >= 0.6 is 0 Å². The van der Waals surface area contributed by atoms with Gasteiger partial charge in [-0.2, -0.15) is 0 Å². The highest BCUT2D eigenvalue weighted by atomic mass is 19.1. The van der Waals surface area contributed by atoms with Crippen molar-refractivity contribution >= 4 is 5.83 Å². The Morgan fingerprint density at radius 1 is 1.20 bits per heavy atom. The number of rotatable bonds is 3. The zero-order valence-electron chi connectivity index (χ0n) is 12.0. The van der Waals surface area contributed by atoms with E-state index in [1.165, 1.54) is 12.4 Å². The Balaban J connectivity index is 1.68. The summed E-state index contributed by atoms with van der Waals surface area (Å²) in [6.07, 6.45) is 7.89. The van der Waals surface area contributed by atoms with Gasteiger partial charge >= 0.3 is 0 Å². The molecule has 0 spiro atoms. The van der Waals surface area contributed by atoms with Crippen LogP contribution in [0.2, 0.25) is 0 Å². The summed E-state index contributed by atoms with van der Waals surface area (Å²) in [6.45, 7) is 0. The van der Waals surface area contributed by atoms with Crippen LogP contribution in [0, 0.1) is 0 Å². The second-order valence-corrected chi connectivity index (χ2v) is 5.77. The Labute approximate surface area is 118 Å². The van der Waals surface area contributed by atoms with Gasteiger partial charge in [-0.1, -0.05) is 0 Å². The number of fused-ring (bicyclic) bond motifs is 1. The van der Waals surface area contributed by atoms with E-state index in [1.807, 2.05) is 0 Å². The summed E-state index contributed by atoms with van der Waals surface area (Å²) in [7, 11) is 4.23. The van der Waals surface area contributed by atoms with E-state index in [0.717, 1.165) is 31.4 Å². The molecule has 0 bridgehead atoms. The van der Waals surface area contributed by atoms with Gasteiger partial charge in [-0.25, -0.2) is 14.4 Å². The van der Waals surface area contributed by atoms with Crippen molar-refractivity contribution in [3.63, 3.8) is 0 Å². The first kappa shape index (κ1) is 13.5. The molecule has 2 aliphatic carbocycles. The van der Waals surface area contributed by atoms with E-state index in [2.05, 4.69) is 29.0 Å². The van der Waals surface area contributed by atoms with Crippen LogP contribution in [0.15, 0.2) is 12.4 Å². The first-order valence-electron chi connectivity index (χ1n) is 7.18. The average Bonchev–Trinajstić information content (AvgIpc) is 2.82. The van der Waals surface area contributed by atoms with E-state index >= 15 is 0 Å². The van der Waals surface area contributed by atoms with Gasteiger partial charge in [0.2, 0.25) is 5.88 Å². The lowest BCUT2D eigenvalue weighted by Crippen LogP contribution is -2.35. The molecule has 0 radical (unpaired) electrons. The summed E-state index contributed by atoms with van der Waals surface area (Å²) >= 11 is 0. The van der Waals surface area contributed by atoms with Crippen molar-refractivity contribution in [3.05, 3.63) is 23.7 Å². The SMILES string of the molecule is CN(C)C1CCC(Oc2ncnc3c2C(F)=CC3)CC1. The Bertz CT molecular complexity index is 522. The summed E-state index contributed by atoms with van der Waals surface area (Å²) in [5.74, 6) is 0.159. The molecule has 0 unspecified atom stereocenters. The molecule has 1 aromatic heterocycles. The number of allylic oxidation sites excluding steroid dienone is 1. The molecular formula is C15H20FN3O. The fraction of sp³-hybridized carbons (Fsp3) is 0.600. The molecule has 0 aliphatic heterocycles. The maximum atomic E-state index is 13.8. The molecule has 1 fully saturated rings. The second-order valence-electron chi connectivity index (χ2n) is 5.77. The number of halogens is 1. The van der Waals surface area contributed by atoms with Crippen molar-refractivity contribution in [2.75, 3.05) is 14.1 Å².